The van der Waals surface area contributed by atoms with Crippen LogP contribution in [0.5, 0.6) is 0 Å². The molecule has 0 aliphatic rings. The Morgan fingerprint density at radius 3 is 2.28 bits per heavy atom. The first kappa shape index (κ1) is 13.2. The molecule has 0 spiro atoms. The van der Waals surface area contributed by atoms with E-state index in [1.165, 1.54) is 16.0 Å². The van der Waals surface area contributed by atoms with E-state index in [9.17, 15) is 0 Å². The second kappa shape index (κ2) is 7.24. The van der Waals surface area contributed by atoms with Gasteiger partial charge in [0.15, 0.2) is 0 Å². The minimum absolute atomic E-state index is 0.948. The van der Waals surface area contributed by atoms with E-state index in [0.717, 1.165) is 19.5 Å². The fourth-order valence-electron chi connectivity index (χ4n) is 1.85. The fourth-order valence-corrected chi connectivity index (χ4v) is 2.26. The highest BCUT2D eigenvalue weighted by Crippen LogP contribution is 2.14. The van der Waals surface area contributed by atoms with Crippen LogP contribution in [-0.2, 0) is 13.0 Å². The summed E-state index contributed by atoms with van der Waals surface area (Å²) in [6, 6.07) is 19.3. The van der Waals surface area contributed by atoms with Crippen molar-refractivity contribution in [2.75, 3.05) is 12.8 Å². The van der Waals surface area contributed by atoms with E-state index in [2.05, 4.69) is 66.2 Å². The van der Waals surface area contributed by atoms with Gasteiger partial charge in [0.05, 0.1) is 0 Å². The predicted octanol–water partition coefficient (Wildman–Crippen LogP) is 3.74. The van der Waals surface area contributed by atoms with Crippen LogP contribution in [0.15, 0.2) is 59.5 Å². The smallest absolute Gasteiger partial charge is 0.0205 e. The van der Waals surface area contributed by atoms with Crippen LogP contribution in [0, 0.1) is 0 Å². The van der Waals surface area contributed by atoms with Gasteiger partial charge in [-0.1, -0.05) is 42.5 Å². The Hall–Kier alpha value is -1.25. The number of rotatable bonds is 6. The lowest BCUT2D eigenvalue weighted by molar-refractivity contribution is 0.687. The van der Waals surface area contributed by atoms with Crippen molar-refractivity contribution in [1.82, 2.24) is 5.32 Å². The molecule has 0 atom stereocenters. The lowest BCUT2D eigenvalue weighted by Crippen LogP contribution is -2.16. The second-order valence-corrected chi connectivity index (χ2v) is 5.14. The van der Waals surface area contributed by atoms with Crippen molar-refractivity contribution >= 4 is 11.8 Å². The molecule has 0 aliphatic carbocycles. The summed E-state index contributed by atoms with van der Waals surface area (Å²) >= 11 is 1.79. The van der Waals surface area contributed by atoms with Crippen LogP contribution in [0.3, 0.4) is 0 Å². The Balaban J connectivity index is 1.72. The molecular formula is C16H19NS. The quantitative estimate of drug-likeness (QED) is 0.625. The van der Waals surface area contributed by atoms with E-state index in [0.29, 0.717) is 0 Å². The molecule has 0 bridgehead atoms. The SMILES string of the molecule is CSc1ccc(CCNCc2ccccc2)cc1. The highest BCUT2D eigenvalue weighted by Gasteiger charge is 1.95. The van der Waals surface area contributed by atoms with Crippen LogP contribution >= 0.6 is 11.8 Å². The van der Waals surface area contributed by atoms with E-state index < -0.39 is 0 Å². The van der Waals surface area contributed by atoms with Gasteiger partial charge in [0.25, 0.3) is 0 Å². The maximum Gasteiger partial charge on any atom is 0.0205 e. The summed E-state index contributed by atoms with van der Waals surface area (Å²) in [4.78, 5) is 1.33. The molecular weight excluding hydrogens is 238 g/mol. The Bertz CT molecular complexity index is 450. The van der Waals surface area contributed by atoms with Gasteiger partial charge in [0, 0.05) is 11.4 Å². The van der Waals surface area contributed by atoms with E-state index in [-0.39, 0.29) is 0 Å². The van der Waals surface area contributed by atoms with E-state index in [4.69, 9.17) is 0 Å². The Morgan fingerprint density at radius 2 is 1.61 bits per heavy atom. The molecule has 0 heterocycles. The molecule has 2 rings (SSSR count). The van der Waals surface area contributed by atoms with Crippen LogP contribution in [0.1, 0.15) is 11.1 Å². The van der Waals surface area contributed by atoms with Crippen molar-refractivity contribution in [3.63, 3.8) is 0 Å². The van der Waals surface area contributed by atoms with Gasteiger partial charge in [-0.25, -0.2) is 0 Å². The van der Waals surface area contributed by atoms with Gasteiger partial charge in [-0.3, -0.25) is 0 Å². The standard InChI is InChI=1S/C16H19NS/c1-18-16-9-7-14(8-10-16)11-12-17-13-15-5-3-2-4-6-15/h2-10,17H,11-13H2,1H3. The zero-order valence-electron chi connectivity index (χ0n) is 10.7. The fraction of sp³-hybridized carbons (Fsp3) is 0.250. The summed E-state index contributed by atoms with van der Waals surface area (Å²) in [6.07, 6.45) is 3.19. The van der Waals surface area contributed by atoms with Crippen molar-refractivity contribution in [1.29, 1.82) is 0 Å². The van der Waals surface area contributed by atoms with Gasteiger partial charge in [0.1, 0.15) is 0 Å². The van der Waals surface area contributed by atoms with Crippen molar-refractivity contribution in [2.24, 2.45) is 0 Å². The van der Waals surface area contributed by atoms with Gasteiger partial charge in [-0.2, -0.15) is 0 Å². The maximum absolute atomic E-state index is 3.47. The highest BCUT2D eigenvalue weighted by atomic mass is 32.2. The summed E-state index contributed by atoms with van der Waals surface area (Å²) in [7, 11) is 0. The molecule has 0 radical (unpaired) electrons. The highest BCUT2D eigenvalue weighted by molar-refractivity contribution is 7.98. The molecule has 0 fully saturated rings. The van der Waals surface area contributed by atoms with E-state index in [1.807, 2.05) is 0 Å². The van der Waals surface area contributed by atoms with Crippen LogP contribution in [0.25, 0.3) is 0 Å². The zero-order chi connectivity index (χ0) is 12.6. The Kier molecular flexibility index (Phi) is 5.31. The predicted molar refractivity (Wildman–Crippen MR) is 80.1 cm³/mol. The molecule has 0 unspecified atom stereocenters. The van der Waals surface area contributed by atoms with E-state index in [1.54, 1.807) is 11.8 Å². The van der Waals surface area contributed by atoms with Crippen molar-refractivity contribution in [2.45, 2.75) is 17.9 Å². The lowest BCUT2D eigenvalue weighted by atomic mass is 10.1. The van der Waals surface area contributed by atoms with Crippen LogP contribution in [-0.4, -0.2) is 12.8 Å². The minimum atomic E-state index is 0.948. The summed E-state index contributed by atoms with van der Waals surface area (Å²) in [5.74, 6) is 0. The minimum Gasteiger partial charge on any atom is -0.312 e. The second-order valence-electron chi connectivity index (χ2n) is 4.26. The third-order valence-electron chi connectivity index (χ3n) is 2.92. The molecule has 0 saturated heterocycles. The average molecular weight is 257 g/mol. The summed E-state index contributed by atoms with van der Waals surface area (Å²) in [5.41, 5.74) is 2.74. The van der Waals surface area contributed by atoms with Gasteiger partial charge in [-0.15, -0.1) is 11.8 Å². The third kappa shape index (κ3) is 4.21. The monoisotopic (exact) mass is 257 g/mol. The zero-order valence-corrected chi connectivity index (χ0v) is 11.5. The molecule has 2 aromatic carbocycles. The first-order valence-electron chi connectivity index (χ1n) is 6.26. The number of nitrogens with one attached hydrogen (secondary N) is 1. The van der Waals surface area contributed by atoms with E-state index >= 15 is 0 Å². The average Bonchev–Trinajstić information content (AvgIpc) is 2.45. The normalized spacial score (nSPS) is 10.5. The molecule has 2 heteroatoms. The van der Waals surface area contributed by atoms with Crippen molar-refractivity contribution in [3.05, 3.63) is 65.7 Å². The number of hydrogen-bond donors (Lipinski definition) is 1. The van der Waals surface area contributed by atoms with Gasteiger partial charge < -0.3 is 5.32 Å². The molecule has 0 aromatic heterocycles. The number of thioether (sulfide) groups is 1. The largest absolute Gasteiger partial charge is 0.312 e. The maximum atomic E-state index is 3.47. The molecule has 0 saturated carbocycles. The Morgan fingerprint density at radius 1 is 0.889 bits per heavy atom. The summed E-state index contributed by atoms with van der Waals surface area (Å²) in [6.45, 7) is 1.97. The molecule has 0 amide bonds. The first-order valence-corrected chi connectivity index (χ1v) is 7.48. The molecule has 18 heavy (non-hydrogen) atoms. The van der Waals surface area contributed by atoms with Crippen molar-refractivity contribution < 1.29 is 0 Å². The van der Waals surface area contributed by atoms with Crippen LogP contribution in [0.4, 0.5) is 0 Å². The summed E-state index contributed by atoms with van der Waals surface area (Å²) < 4.78 is 0. The topological polar surface area (TPSA) is 12.0 Å². The summed E-state index contributed by atoms with van der Waals surface area (Å²) in [5, 5.41) is 3.47. The number of benzene rings is 2. The molecule has 94 valence electrons. The van der Waals surface area contributed by atoms with Crippen LogP contribution in [0.2, 0.25) is 0 Å². The first-order chi connectivity index (χ1) is 8.88. The molecule has 1 N–H and O–H groups in total. The van der Waals surface area contributed by atoms with Gasteiger partial charge in [0.2, 0.25) is 0 Å². The molecule has 1 nitrogen and oxygen atoms in total. The van der Waals surface area contributed by atoms with Gasteiger partial charge in [-0.05, 0) is 42.5 Å². The van der Waals surface area contributed by atoms with Crippen molar-refractivity contribution in [3.8, 4) is 0 Å². The Labute approximate surface area is 114 Å². The lowest BCUT2D eigenvalue weighted by Gasteiger charge is -2.05. The number of hydrogen-bond acceptors (Lipinski definition) is 2. The van der Waals surface area contributed by atoms with Gasteiger partial charge >= 0.3 is 0 Å². The molecule has 0 aliphatic heterocycles. The third-order valence-corrected chi connectivity index (χ3v) is 3.67. The van der Waals surface area contributed by atoms with Crippen LogP contribution < -0.4 is 5.32 Å². The molecule has 2 aromatic rings.